The highest BCUT2D eigenvalue weighted by Crippen LogP contribution is 1.96. The number of rotatable bonds is 0. The molecule has 0 unspecified atom stereocenters. The molecule has 1 aliphatic rings. The van der Waals surface area contributed by atoms with Gasteiger partial charge in [0.15, 0.2) is 0 Å². The summed E-state index contributed by atoms with van der Waals surface area (Å²) in [5.74, 6) is 0.833. The van der Waals surface area contributed by atoms with Crippen molar-refractivity contribution in [3.8, 4) is 0 Å². The lowest BCUT2D eigenvalue weighted by molar-refractivity contribution is 0.458. The summed E-state index contributed by atoms with van der Waals surface area (Å²) in [5.41, 5.74) is 5.59. The van der Waals surface area contributed by atoms with E-state index in [0.717, 1.165) is 31.8 Å². The molecular formula is C9H22N2. The van der Waals surface area contributed by atoms with E-state index >= 15 is 0 Å². The molecule has 2 heteroatoms. The van der Waals surface area contributed by atoms with Gasteiger partial charge < -0.3 is 11.1 Å². The third kappa shape index (κ3) is 9.92. The van der Waals surface area contributed by atoms with Gasteiger partial charge in [-0.15, -0.1) is 0 Å². The maximum Gasteiger partial charge on any atom is 0.00629 e. The van der Waals surface area contributed by atoms with E-state index in [1.807, 2.05) is 0 Å². The fourth-order valence-corrected chi connectivity index (χ4v) is 0.844. The Bertz CT molecular complexity index is 72.9. The summed E-state index contributed by atoms with van der Waals surface area (Å²) in [6.07, 6.45) is 2.31. The highest BCUT2D eigenvalue weighted by molar-refractivity contribution is 4.69. The predicted octanol–water partition coefficient (Wildman–Crippen LogP) is 1.36. The molecule has 1 rings (SSSR count). The van der Waals surface area contributed by atoms with Gasteiger partial charge in [0.2, 0.25) is 0 Å². The van der Waals surface area contributed by atoms with Crippen molar-refractivity contribution in [2.45, 2.75) is 39.7 Å². The van der Waals surface area contributed by atoms with Crippen molar-refractivity contribution in [2.75, 3.05) is 13.1 Å². The molecule has 0 radical (unpaired) electrons. The number of nitrogens with two attached hydrogens (primary N) is 1. The van der Waals surface area contributed by atoms with Crippen LogP contribution in [-0.4, -0.2) is 19.1 Å². The molecule has 68 valence electrons. The molecule has 0 atom stereocenters. The zero-order valence-electron chi connectivity index (χ0n) is 8.06. The molecule has 1 fully saturated rings. The highest BCUT2D eigenvalue weighted by atomic mass is 14.9. The first-order chi connectivity index (χ1) is 5.13. The monoisotopic (exact) mass is 158 g/mol. The van der Waals surface area contributed by atoms with Gasteiger partial charge in [-0.2, -0.15) is 0 Å². The van der Waals surface area contributed by atoms with Crippen molar-refractivity contribution in [1.82, 2.24) is 5.32 Å². The maximum atomic E-state index is 5.59. The highest BCUT2D eigenvalue weighted by Gasteiger charge is 2.05. The summed E-state index contributed by atoms with van der Waals surface area (Å²) in [7, 11) is 0. The molecular weight excluding hydrogens is 136 g/mol. The maximum absolute atomic E-state index is 5.59. The van der Waals surface area contributed by atoms with Gasteiger partial charge in [0.05, 0.1) is 0 Å². The molecule has 0 aliphatic carbocycles. The summed E-state index contributed by atoms with van der Waals surface area (Å²) in [5, 5.41) is 3.24. The lowest BCUT2D eigenvalue weighted by Crippen LogP contribution is -2.35. The van der Waals surface area contributed by atoms with E-state index in [1.54, 1.807) is 0 Å². The van der Waals surface area contributed by atoms with Gasteiger partial charge >= 0.3 is 0 Å². The molecule has 0 amide bonds. The summed E-state index contributed by atoms with van der Waals surface area (Å²) in [6.45, 7) is 8.72. The molecule has 11 heavy (non-hydrogen) atoms. The number of piperidine rings is 1. The minimum absolute atomic E-state index is 0.473. The first-order valence-electron chi connectivity index (χ1n) is 4.59. The van der Waals surface area contributed by atoms with Crippen LogP contribution in [-0.2, 0) is 0 Å². The van der Waals surface area contributed by atoms with Crippen molar-refractivity contribution in [3.63, 3.8) is 0 Å². The average molecular weight is 158 g/mol. The third-order valence-electron chi connectivity index (χ3n) is 1.38. The molecule has 0 aromatic rings. The fourth-order valence-electron chi connectivity index (χ4n) is 0.844. The zero-order valence-corrected chi connectivity index (χ0v) is 8.06. The molecule has 3 N–H and O–H groups in total. The average Bonchev–Trinajstić information content (AvgIpc) is 1.87. The molecule has 1 saturated heterocycles. The standard InChI is InChI=1S/C5H12N2.C4H10/c6-5-1-3-7-4-2-5;1-4(2)3/h5,7H,1-4,6H2;4H,1-3H3. The second-order valence-corrected chi connectivity index (χ2v) is 3.82. The van der Waals surface area contributed by atoms with Gasteiger partial charge in [-0.3, -0.25) is 0 Å². The third-order valence-corrected chi connectivity index (χ3v) is 1.38. The Morgan fingerprint density at radius 1 is 1.18 bits per heavy atom. The topological polar surface area (TPSA) is 38.0 Å². The van der Waals surface area contributed by atoms with Crippen LogP contribution in [0.4, 0.5) is 0 Å². The van der Waals surface area contributed by atoms with Crippen LogP contribution in [0.1, 0.15) is 33.6 Å². The Morgan fingerprint density at radius 2 is 1.55 bits per heavy atom. The quantitative estimate of drug-likeness (QED) is 0.558. The Balaban J connectivity index is 0.000000218. The molecule has 0 saturated carbocycles. The minimum Gasteiger partial charge on any atom is -0.328 e. The van der Waals surface area contributed by atoms with E-state index in [-0.39, 0.29) is 0 Å². The smallest absolute Gasteiger partial charge is 0.00629 e. The van der Waals surface area contributed by atoms with Crippen molar-refractivity contribution in [3.05, 3.63) is 0 Å². The molecule has 1 aliphatic heterocycles. The first kappa shape index (κ1) is 10.9. The molecule has 0 spiro atoms. The van der Waals surface area contributed by atoms with E-state index in [1.165, 1.54) is 0 Å². The van der Waals surface area contributed by atoms with E-state index in [4.69, 9.17) is 5.73 Å². The van der Waals surface area contributed by atoms with Crippen molar-refractivity contribution in [1.29, 1.82) is 0 Å². The number of nitrogens with one attached hydrogen (secondary N) is 1. The predicted molar refractivity (Wildman–Crippen MR) is 50.6 cm³/mol. The Morgan fingerprint density at radius 3 is 1.73 bits per heavy atom. The van der Waals surface area contributed by atoms with Crippen LogP contribution in [0.2, 0.25) is 0 Å². The van der Waals surface area contributed by atoms with E-state index in [2.05, 4.69) is 26.1 Å². The lowest BCUT2D eigenvalue weighted by atomic mass is 10.1. The lowest BCUT2D eigenvalue weighted by Gasteiger charge is -2.17. The van der Waals surface area contributed by atoms with Crippen LogP contribution in [0.3, 0.4) is 0 Å². The number of hydrogen-bond acceptors (Lipinski definition) is 2. The van der Waals surface area contributed by atoms with Crippen LogP contribution in [0.5, 0.6) is 0 Å². The minimum atomic E-state index is 0.473. The molecule has 1 heterocycles. The van der Waals surface area contributed by atoms with Gasteiger partial charge in [-0.05, 0) is 31.8 Å². The summed E-state index contributed by atoms with van der Waals surface area (Å²) >= 11 is 0. The van der Waals surface area contributed by atoms with E-state index in [0.29, 0.717) is 6.04 Å². The number of hydrogen-bond donors (Lipinski definition) is 2. The van der Waals surface area contributed by atoms with Gasteiger partial charge in [0.25, 0.3) is 0 Å². The van der Waals surface area contributed by atoms with Gasteiger partial charge in [-0.1, -0.05) is 20.8 Å². The molecule has 2 nitrogen and oxygen atoms in total. The molecule has 0 aromatic carbocycles. The Hall–Kier alpha value is -0.0800. The van der Waals surface area contributed by atoms with Crippen LogP contribution in [0.25, 0.3) is 0 Å². The molecule has 0 aromatic heterocycles. The van der Waals surface area contributed by atoms with Crippen molar-refractivity contribution >= 4 is 0 Å². The Kier molecular flexibility index (Phi) is 6.57. The summed E-state index contributed by atoms with van der Waals surface area (Å²) in [6, 6.07) is 0.473. The SMILES string of the molecule is CC(C)C.NC1CCNCC1. The zero-order chi connectivity index (χ0) is 8.69. The fraction of sp³-hybridized carbons (Fsp3) is 1.00. The molecule has 0 bridgehead atoms. The van der Waals surface area contributed by atoms with Gasteiger partial charge in [-0.25, -0.2) is 0 Å². The van der Waals surface area contributed by atoms with Crippen molar-refractivity contribution < 1.29 is 0 Å². The summed E-state index contributed by atoms with van der Waals surface area (Å²) in [4.78, 5) is 0. The van der Waals surface area contributed by atoms with Crippen LogP contribution in [0, 0.1) is 5.92 Å². The van der Waals surface area contributed by atoms with Crippen LogP contribution in [0.15, 0.2) is 0 Å². The van der Waals surface area contributed by atoms with Crippen molar-refractivity contribution in [2.24, 2.45) is 11.7 Å². The Labute approximate surface area is 70.5 Å². The van der Waals surface area contributed by atoms with Gasteiger partial charge in [0.1, 0.15) is 0 Å². The van der Waals surface area contributed by atoms with Crippen LogP contribution >= 0.6 is 0 Å². The van der Waals surface area contributed by atoms with E-state index in [9.17, 15) is 0 Å². The van der Waals surface area contributed by atoms with Crippen LogP contribution < -0.4 is 11.1 Å². The second-order valence-electron chi connectivity index (χ2n) is 3.82. The van der Waals surface area contributed by atoms with Gasteiger partial charge in [0, 0.05) is 6.04 Å². The second kappa shape index (κ2) is 6.62. The summed E-state index contributed by atoms with van der Waals surface area (Å²) < 4.78 is 0. The largest absolute Gasteiger partial charge is 0.328 e. The first-order valence-corrected chi connectivity index (χ1v) is 4.59. The van der Waals surface area contributed by atoms with E-state index < -0.39 is 0 Å². The normalized spacial score (nSPS) is 19.4.